The molecule has 23 heavy (non-hydrogen) atoms. The Labute approximate surface area is 136 Å². The number of aromatic nitrogens is 2. The van der Waals surface area contributed by atoms with Gasteiger partial charge in [0.25, 0.3) is 0 Å². The lowest BCUT2D eigenvalue weighted by molar-refractivity contribution is 0.152. The Morgan fingerprint density at radius 3 is 2.96 bits per heavy atom. The van der Waals surface area contributed by atoms with Crippen LogP contribution in [0.1, 0.15) is 38.6 Å². The molecular weight excluding hydrogens is 288 g/mol. The van der Waals surface area contributed by atoms with Crippen molar-refractivity contribution in [1.82, 2.24) is 19.8 Å². The van der Waals surface area contributed by atoms with E-state index in [4.69, 9.17) is 0 Å². The van der Waals surface area contributed by atoms with Crippen molar-refractivity contribution in [3.63, 3.8) is 0 Å². The number of hydrogen-bond donors (Lipinski definition) is 1. The van der Waals surface area contributed by atoms with Gasteiger partial charge in [-0.15, -0.1) is 0 Å². The van der Waals surface area contributed by atoms with Crippen LogP contribution in [0, 0.1) is 5.92 Å². The maximum absolute atomic E-state index is 12.5. The Morgan fingerprint density at radius 1 is 1.30 bits per heavy atom. The van der Waals surface area contributed by atoms with Crippen molar-refractivity contribution in [2.45, 2.75) is 44.7 Å². The molecule has 0 spiro atoms. The van der Waals surface area contributed by atoms with E-state index in [2.05, 4.69) is 27.9 Å². The number of imidazole rings is 1. The summed E-state index contributed by atoms with van der Waals surface area (Å²) in [6.45, 7) is 3.87. The van der Waals surface area contributed by atoms with Gasteiger partial charge in [-0.3, -0.25) is 0 Å². The summed E-state index contributed by atoms with van der Waals surface area (Å²) in [6, 6.07) is 9.02. The van der Waals surface area contributed by atoms with Gasteiger partial charge in [0, 0.05) is 19.1 Å². The molecule has 4 rings (SSSR count). The molecule has 5 heteroatoms. The zero-order chi connectivity index (χ0) is 15.8. The topological polar surface area (TPSA) is 50.2 Å². The SMILES string of the molecule is CC1CC(NC(=O)N2CCC[C@H](n3cnc4ccccc43)C2)C1. The summed E-state index contributed by atoms with van der Waals surface area (Å²) in [6.07, 6.45) is 6.31. The van der Waals surface area contributed by atoms with E-state index in [9.17, 15) is 4.79 Å². The van der Waals surface area contributed by atoms with E-state index in [0.29, 0.717) is 12.1 Å². The van der Waals surface area contributed by atoms with E-state index >= 15 is 0 Å². The summed E-state index contributed by atoms with van der Waals surface area (Å²) in [7, 11) is 0. The predicted octanol–water partition coefficient (Wildman–Crippen LogP) is 3.18. The van der Waals surface area contributed by atoms with Gasteiger partial charge in [-0.1, -0.05) is 19.1 Å². The van der Waals surface area contributed by atoms with Crippen LogP contribution in [0.25, 0.3) is 11.0 Å². The van der Waals surface area contributed by atoms with Gasteiger partial charge in [-0.05, 0) is 43.7 Å². The number of amides is 2. The molecule has 1 saturated heterocycles. The molecule has 2 aliphatic rings. The zero-order valence-corrected chi connectivity index (χ0v) is 13.6. The van der Waals surface area contributed by atoms with Gasteiger partial charge in [0.15, 0.2) is 0 Å². The molecule has 0 bridgehead atoms. The van der Waals surface area contributed by atoms with Crippen molar-refractivity contribution in [3.05, 3.63) is 30.6 Å². The first-order chi connectivity index (χ1) is 11.2. The van der Waals surface area contributed by atoms with Crippen LogP contribution in [-0.4, -0.2) is 39.6 Å². The van der Waals surface area contributed by atoms with E-state index in [0.717, 1.165) is 55.7 Å². The molecule has 2 heterocycles. The standard InChI is InChI=1S/C18H24N4O/c1-13-9-14(10-13)20-18(23)21-8-4-5-15(11-21)22-12-19-16-6-2-3-7-17(16)22/h2-3,6-7,12-15H,4-5,8-11H2,1H3,(H,20,23)/t13?,14?,15-/m0/s1. The quantitative estimate of drug-likeness (QED) is 0.926. The number of para-hydroxylation sites is 2. The molecular formula is C18H24N4O. The summed E-state index contributed by atoms with van der Waals surface area (Å²) in [5, 5.41) is 3.18. The molecule has 1 N–H and O–H groups in total. The number of nitrogens with one attached hydrogen (secondary N) is 1. The molecule has 1 atom stereocenters. The van der Waals surface area contributed by atoms with Crippen molar-refractivity contribution in [2.24, 2.45) is 5.92 Å². The molecule has 5 nitrogen and oxygen atoms in total. The average molecular weight is 312 g/mol. The zero-order valence-electron chi connectivity index (χ0n) is 13.6. The lowest BCUT2D eigenvalue weighted by atomic mass is 9.82. The van der Waals surface area contributed by atoms with Crippen molar-refractivity contribution in [3.8, 4) is 0 Å². The molecule has 1 aromatic carbocycles. The lowest BCUT2D eigenvalue weighted by Crippen LogP contribution is -2.51. The number of benzene rings is 1. The second-order valence-electron chi connectivity index (χ2n) is 7.11. The number of likely N-dealkylation sites (tertiary alicyclic amines) is 1. The molecule has 1 aliphatic carbocycles. The molecule has 0 radical (unpaired) electrons. The fraction of sp³-hybridized carbons (Fsp3) is 0.556. The summed E-state index contributed by atoms with van der Waals surface area (Å²) in [5.41, 5.74) is 2.19. The third-order valence-corrected chi connectivity index (χ3v) is 5.26. The van der Waals surface area contributed by atoms with Crippen LogP contribution in [-0.2, 0) is 0 Å². The number of hydrogen-bond acceptors (Lipinski definition) is 2. The molecule has 2 fully saturated rings. The minimum atomic E-state index is 0.107. The number of carbonyl (C=O) groups is 1. The van der Waals surface area contributed by atoms with Crippen LogP contribution in [0.5, 0.6) is 0 Å². The van der Waals surface area contributed by atoms with E-state index in [1.54, 1.807) is 0 Å². The van der Waals surface area contributed by atoms with Crippen molar-refractivity contribution in [2.75, 3.05) is 13.1 Å². The number of nitrogens with zero attached hydrogens (tertiary/aromatic N) is 3. The molecule has 122 valence electrons. The summed E-state index contributed by atoms with van der Waals surface area (Å²) in [5.74, 6) is 0.756. The largest absolute Gasteiger partial charge is 0.335 e. The predicted molar refractivity (Wildman–Crippen MR) is 90.3 cm³/mol. The highest BCUT2D eigenvalue weighted by Crippen LogP contribution is 2.28. The number of piperidine rings is 1. The van der Waals surface area contributed by atoms with Crippen LogP contribution >= 0.6 is 0 Å². The normalized spacial score (nSPS) is 27.7. The second-order valence-corrected chi connectivity index (χ2v) is 7.11. The van der Waals surface area contributed by atoms with E-state index in [1.807, 2.05) is 29.4 Å². The van der Waals surface area contributed by atoms with Crippen molar-refractivity contribution in [1.29, 1.82) is 0 Å². The first kappa shape index (κ1) is 14.5. The van der Waals surface area contributed by atoms with Gasteiger partial charge in [0.2, 0.25) is 0 Å². The molecule has 1 saturated carbocycles. The van der Waals surface area contributed by atoms with Gasteiger partial charge in [0.1, 0.15) is 0 Å². The first-order valence-electron chi connectivity index (χ1n) is 8.67. The maximum atomic E-state index is 12.5. The number of carbonyl (C=O) groups excluding carboxylic acids is 1. The van der Waals surface area contributed by atoms with Gasteiger partial charge in [-0.2, -0.15) is 0 Å². The minimum Gasteiger partial charge on any atom is -0.335 e. The molecule has 1 aromatic heterocycles. The molecule has 2 amide bonds. The average Bonchev–Trinajstić information content (AvgIpc) is 2.97. The summed E-state index contributed by atoms with van der Waals surface area (Å²) in [4.78, 5) is 18.9. The first-order valence-corrected chi connectivity index (χ1v) is 8.67. The highest BCUT2D eigenvalue weighted by molar-refractivity contribution is 5.76. The number of urea groups is 1. The molecule has 1 aliphatic heterocycles. The van der Waals surface area contributed by atoms with Gasteiger partial charge in [-0.25, -0.2) is 9.78 Å². The van der Waals surface area contributed by atoms with Crippen LogP contribution in [0.2, 0.25) is 0 Å². The van der Waals surface area contributed by atoms with Crippen molar-refractivity contribution < 1.29 is 4.79 Å². The second kappa shape index (κ2) is 5.87. The highest BCUT2D eigenvalue weighted by Gasteiger charge is 2.30. The van der Waals surface area contributed by atoms with E-state index < -0.39 is 0 Å². The monoisotopic (exact) mass is 312 g/mol. The third-order valence-electron chi connectivity index (χ3n) is 5.26. The summed E-state index contributed by atoms with van der Waals surface area (Å²) < 4.78 is 2.24. The van der Waals surface area contributed by atoms with E-state index in [1.165, 1.54) is 0 Å². The Balaban J connectivity index is 1.45. The van der Waals surface area contributed by atoms with Gasteiger partial charge >= 0.3 is 6.03 Å². The van der Waals surface area contributed by atoms with Crippen LogP contribution < -0.4 is 5.32 Å². The van der Waals surface area contributed by atoms with Gasteiger partial charge in [0.05, 0.1) is 23.4 Å². The summed E-state index contributed by atoms with van der Waals surface area (Å²) >= 11 is 0. The molecule has 0 unspecified atom stereocenters. The minimum absolute atomic E-state index is 0.107. The maximum Gasteiger partial charge on any atom is 0.317 e. The van der Waals surface area contributed by atoms with Crippen molar-refractivity contribution >= 4 is 17.1 Å². The lowest BCUT2D eigenvalue weighted by Gasteiger charge is -2.38. The number of fused-ring (bicyclic) bond motifs is 1. The molecule has 2 aromatic rings. The third kappa shape index (κ3) is 2.80. The Hall–Kier alpha value is -2.04. The Bertz CT molecular complexity index is 704. The smallest absolute Gasteiger partial charge is 0.317 e. The van der Waals surface area contributed by atoms with Crippen LogP contribution in [0.3, 0.4) is 0 Å². The van der Waals surface area contributed by atoms with Crippen LogP contribution in [0.4, 0.5) is 4.79 Å². The fourth-order valence-corrected chi connectivity index (χ4v) is 3.92. The van der Waals surface area contributed by atoms with Gasteiger partial charge < -0.3 is 14.8 Å². The Morgan fingerprint density at radius 2 is 2.13 bits per heavy atom. The highest BCUT2D eigenvalue weighted by atomic mass is 16.2. The van der Waals surface area contributed by atoms with E-state index in [-0.39, 0.29) is 6.03 Å². The number of rotatable bonds is 2. The Kier molecular flexibility index (Phi) is 3.71. The van der Waals surface area contributed by atoms with Crippen LogP contribution in [0.15, 0.2) is 30.6 Å². The fourth-order valence-electron chi connectivity index (χ4n) is 3.92.